The molecule has 1 N–H and O–H groups in total. The summed E-state index contributed by atoms with van der Waals surface area (Å²) >= 11 is 0. The molecule has 0 aliphatic carbocycles. The van der Waals surface area contributed by atoms with Crippen molar-refractivity contribution in [1.29, 1.82) is 0 Å². The number of ether oxygens (including phenoxy) is 1. The Bertz CT molecular complexity index is 522. The highest BCUT2D eigenvalue weighted by Crippen LogP contribution is 2.23. The highest BCUT2D eigenvalue weighted by atomic mass is 32.2. The number of esters is 1. The summed E-state index contributed by atoms with van der Waals surface area (Å²) in [6.45, 7) is 2.07. The summed E-state index contributed by atoms with van der Waals surface area (Å²) in [4.78, 5) is 11.2. The van der Waals surface area contributed by atoms with Crippen molar-refractivity contribution in [3.05, 3.63) is 24.3 Å². The standard InChI is InChI=1S/C13H18O5S/c1-2-3-4-5-10-13(14)18-11-8-6-7-9-12(11)19(15,16)17/h6-9H,2-5,10H2,1H3,(H,15,16,17). The van der Waals surface area contributed by atoms with Crippen molar-refractivity contribution >= 4 is 16.1 Å². The molecule has 106 valence electrons. The monoisotopic (exact) mass is 286 g/mol. The second-order valence-corrected chi connectivity index (χ2v) is 5.60. The third-order valence-electron chi connectivity index (χ3n) is 2.59. The highest BCUT2D eigenvalue weighted by Gasteiger charge is 2.17. The molecule has 1 rings (SSSR count). The Labute approximate surface area is 113 Å². The highest BCUT2D eigenvalue weighted by molar-refractivity contribution is 7.86. The molecule has 19 heavy (non-hydrogen) atoms. The summed E-state index contributed by atoms with van der Waals surface area (Å²) in [7, 11) is -4.39. The molecular formula is C13H18O5S. The Morgan fingerprint density at radius 1 is 1.21 bits per heavy atom. The Kier molecular flexibility index (Phi) is 5.98. The van der Waals surface area contributed by atoms with Crippen LogP contribution in [0.4, 0.5) is 0 Å². The molecule has 0 unspecified atom stereocenters. The molecule has 0 radical (unpaired) electrons. The largest absolute Gasteiger partial charge is 0.425 e. The summed E-state index contributed by atoms with van der Waals surface area (Å²) in [6, 6.07) is 5.51. The van der Waals surface area contributed by atoms with Gasteiger partial charge in [0.15, 0.2) is 5.75 Å². The predicted octanol–water partition coefficient (Wildman–Crippen LogP) is 2.81. The first-order valence-electron chi connectivity index (χ1n) is 6.22. The number of hydrogen-bond acceptors (Lipinski definition) is 4. The van der Waals surface area contributed by atoms with Crippen molar-refractivity contribution in [2.75, 3.05) is 0 Å². The zero-order valence-corrected chi connectivity index (χ0v) is 11.6. The molecule has 1 aromatic rings. The average molecular weight is 286 g/mol. The van der Waals surface area contributed by atoms with Crippen LogP contribution in [0.15, 0.2) is 29.2 Å². The molecule has 0 saturated heterocycles. The van der Waals surface area contributed by atoms with Crippen LogP contribution in [0.25, 0.3) is 0 Å². The smallest absolute Gasteiger partial charge is 0.311 e. The van der Waals surface area contributed by atoms with Crippen LogP contribution >= 0.6 is 0 Å². The fourth-order valence-electron chi connectivity index (χ4n) is 1.62. The molecule has 1 aromatic carbocycles. The molecule has 0 atom stereocenters. The van der Waals surface area contributed by atoms with Gasteiger partial charge in [-0.05, 0) is 18.6 Å². The topological polar surface area (TPSA) is 80.7 Å². The minimum absolute atomic E-state index is 0.134. The van der Waals surface area contributed by atoms with Crippen molar-refractivity contribution in [2.24, 2.45) is 0 Å². The lowest BCUT2D eigenvalue weighted by atomic mass is 10.1. The lowest BCUT2D eigenvalue weighted by Crippen LogP contribution is -2.10. The maximum absolute atomic E-state index is 11.6. The first-order chi connectivity index (χ1) is 8.95. The van der Waals surface area contributed by atoms with Crippen LogP contribution in [0, 0.1) is 0 Å². The second kappa shape index (κ2) is 7.25. The average Bonchev–Trinajstić information content (AvgIpc) is 2.34. The summed E-state index contributed by atoms with van der Waals surface area (Å²) in [6.07, 6.45) is 4.00. The van der Waals surface area contributed by atoms with Gasteiger partial charge in [0, 0.05) is 6.42 Å². The van der Waals surface area contributed by atoms with E-state index in [0.717, 1.165) is 19.3 Å². The lowest BCUT2D eigenvalue weighted by Gasteiger charge is -2.07. The first-order valence-corrected chi connectivity index (χ1v) is 7.66. The first kappa shape index (κ1) is 15.7. The van der Waals surface area contributed by atoms with E-state index in [2.05, 4.69) is 6.92 Å². The minimum Gasteiger partial charge on any atom is -0.425 e. The van der Waals surface area contributed by atoms with Gasteiger partial charge in [-0.2, -0.15) is 8.42 Å². The fraction of sp³-hybridized carbons (Fsp3) is 0.462. The molecule has 0 amide bonds. The zero-order valence-electron chi connectivity index (χ0n) is 10.8. The van der Waals surface area contributed by atoms with Gasteiger partial charge >= 0.3 is 5.97 Å². The molecule has 0 bridgehead atoms. The van der Waals surface area contributed by atoms with E-state index < -0.39 is 21.0 Å². The van der Waals surface area contributed by atoms with Gasteiger partial charge in [0.2, 0.25) is 0 Å². The van der Waals surface area contributed by atoms with Gasteiger partial charge in [0.05, 0.1) is 0 Å². The van der Waals surface area contributed by atoms with Crippen LogP contribution in [-0.2, 0) is 14.9 Å². The van der Waals surface area contributed by atoms with Crippen molar-refractivity contribution in [2.45, 2.75) is 43.9 Å². The van der Waals surface area contributed by atoms with Crippen molar-refractivity contribution in [3.63, 3.8) is 0 Å². The van der Waals surface area contributed by atoms with Crippen LogP contribution in [0.5, 0.6) is 5.75 Å². The maximum atomic E-state index is 11.6. The Morgan fingerprint density at radius 3 is 2.53 bits per heavy atom. The van der Waals surface area contributed by atoms with Gasteiger partial charge in [0.25, 0.3) is 10.1 Å². The molecular weight excluding hydrogens is 268 g/mol. The number of carbonyl (C=O) groups excluding carboxylic acids is 1. The fourth-order valence-corrected chi connectivity index (χ4v) is 2.23. The predicted molar refractivity (Wildman–Crippen MR) is 70.7 cm³/mol. The molecule has 0 saturated carbocycles. The van der Waals surface area contributed by atoms with E-state index in [0.29, 0.717) is 6.42 Å². The molecule has 0 fully saturated rings. The van der Waals surface area contributed by atoms with E-state index in [1.807, 2.05) is 0 Å². The van der Waals surface area contributed by atoms with Gasteiger partial charge in [0.1, 0.15) is 4.90 Å². The maximum Gasteiger partial charge on any atom is 0.311 e. The molecule has 5 nitrogen and oxygen atoms in total. The molecule has 0 heterocycles. The molecule has 6 heteroatoms. The normalized spacial score (nSPS) is 11.3. The van der Waals surface area contributed by atoms with Crippen LogP contribution in [0.1, 0.15) is 39.0 Å². The number of benzene rings is 1. The van der Waals surface area contributed by atoms with Crippen LogP contribution in [0.3, 0.4) is 0 Å². The summed E-state index contributed by atoms with van der Waals surface area (Å²) < 4.78 is 36.2. The molecule has 0 aromatic heterocycles. The molecule has 0 aliphatic heterocycles. The third kappa shape index (κ3) is 5.40. The van der Waals surface area contributed by atoms with Gasteiger partial charge in [-0.3, -0.25) is 9.35 Å². The molecule has 0 spiro atoms. The molecule has 0 aliphatic rings. The van der Waals surface area contributed by atoms with Crippen molar-refractivity contribution < 1.29 is 22.5 Å². The number of hydrogen-bond donors (Lipinski definition) is 1. The summed E-state index contributed by atoms with van der Waals surface area (Å²) in [5.74, 6) is -0.627. The number of unbranched alkanes of at least 4 members (excludes halogenated alkanes) is 3. The lowest BCUT2D eigenvalue weighted by molar-refractivity contribution is -0.134. The van der Waals surface area contributed by atoms with E-state index in [1.165, 1.54) is 24.3 Å². The van der Waals surface area contributed by atoms with Gasteiger partial charge in [-0.1, -0.05) is 38.3 Å². The van der Waals surface area contributed by atoms with Gasteiger partial charge in [-0.25, -0.2) is 0 Å². The SMILES string of the molecule is CCCCCCC(=O)Oc1ccccc1S(=O)(=O)O. The van der Waals surface area contributed by atoms with E-state index in [9.17, 15) is 13.2 Å². The number of para-hydroxylation sites is 1. The Hall–Kier alpha value is -1.40. The number of rotatable bonds is 7. The minimum atomic E-state index is -4.39. The third-order valence-corrected chi connectivity index (χ3v) is 3.48. The van der Waals surface area contributed by atoms with Gasteiger partial charge in [-0.15, -0.1) is 0 Å². The Balaban J connectivity index is 2.65. The summed E-state index contributed by atoms with van der Waals surface area (Å²) in [5, 5.41) is 0. The van der Waals surface area contributed by atoms with Crippen LogP contribution in [-0.4, -0.2) is 18.9 Å². The van der Waals surface area contributed by atoms with Crippen LogP contribution in [0.2, 0.25) is 0 Å². The van der Waals surface area contributed by atoms with E-state index in [4.69, 9.17) is 9.29 Å². The second-order valence-electron chi connectivity index (χ2n) is 4.21. The Morgan fingerprint density at radius 2 is 1.89 bits per heavy atom. The van der Waals surface area contributed by atoms with E-state index in [1.54, 1.807) is 0 Å². The van der Waals surface area contributed by atoms with Gasteiger partial charge < -0.3 is 4.74 Å². The number of carbonyl (C=O) groups is 1. The zero-order chi connectivity index (χ0) is 14.3. The quantitative estimate of drug-likeness (QED) is 0.361. The van der Waals surface area contributed by atoms with E-state index in [-0.39, 0.29) is 12.2 Å². The van der Waals surface area contributed by atoms with Crippen LogP contribution < -0.4 is 4.74 Å². The van der Waals surface area contributed by atoms with Crippen molar-refractivity contribution in [3.8, 4) is 5.75 Å². The van der Waals surface area contributed by atoms with Crippen molar-refractivity contribution in [1.82, 2.24) is 0 Å². The van der Waals surface area contributed by atoms with E-state index >= 15 is 0 Å². The summed E-state index contributed by atoms with van der Waals surface area (Å²) in [5.41, 5.74) is 0.